The van der Waals surface area contributed by atoms with E-state index >= 15 is 0 Å². The van der Waals surface area contributed by atoms with Crippen LogP contribution in [0.1, 0.15) is 38.5 Å². The van der Waals surface area contributed by atoms with Crippen molar-refractivity contribution in [1.29, 1.82) is 0 Å². The number of carboxylic acids is 1. The van der Waals surface area contributed by atoms with Crippen molar-refractivity contribution in [3.05, 3.63) is 0 Å². The van der Waals surface area contributed by atoms with Gasteiger partial charge in [0.2, 0.25) is 15.9 Å². The molecule has 0 aromatic carbocycles. The molecule has 0 aromatic rings. The Morgan fingerprint density at radius 3 is 2.35 bits per heavy atom. The molecule has 0 spiro atoms. The first-order chi connectivity index (χ1) is 9.30. The lowest BCUT2D eigenvalue weighted by molar-refractivity contribution is -0.151. The molecule has 1 saturated carbocycles. The number of hydrogen-bond donors (Lipinski definition) is 2. The molecule has 1 heterocycles. The highest BCUT2D eigenvalue weighted by atomic mass is 32.2. The van der Waals surface area contributed by atoms with E-state index in [4.69, 9.17) is 5.14 Å². The molecule has 3 N–H and O–H groups in total. The summed E-state index contributed by atoms with van der Waals surface area (Å²) in [4.78, 5) is 24.7. The Hall–Kier alpha value is -1.15. The van der Waals surface area contributed by atoms with Gasteiger partial charge in [-0.2, -0.15) is 0 Å². The minimum absolute atomic E-state index is 0.0931. The van der Waals surface area contributed by atoms with Crippen molar-refractivity contribution < 1.29 is 23.1 Å². The summed E-state index contributed by atoms with van der Waals surface area (Å²) in [5.74, 6) is -1.58. The second kappa shape index (κ2) is 5.69. The molecule has 2 rings (SSSR count). The molecule has 2 fully saturated rings. The monoisotopic (exact) mass is 304 g/mol. The van der Waals surface area contributed by atoms with E-state index in [9.17, 15) is 23.1 Å². The van der Waals surface area contributed by atoms with Crippen LogP contribution in [0.3, 0.4) is 0 Å². The molecule has 1 amide bonds. The molecule has 0 aromatic heterocycles. The fraction of sp³-hybridized carbons (Fsp3) is 0.833. The number of nitrogens with two attached hydrogens (primary N) is 1. The summed E-state index contributed by atoms with van der Waals surface area (Å²) in [6.07, 6.45) is 4.30. The van der Waals surface area contributed by atoms with Gasteiger partial charge < -0.3 is 10.0 Å². The van der Waals surface area contributed by atoms with E-state index in [1.54, 1.807) is 0 Å². The molecule has 7 nitrogen and oxygen atoms in total. The van der Waals surface area contributed by atoms with Crippen molar-refractivity contribution in [3.63, 3.8) is 0 Å². The lowest BCUT2D eigenvalue weighted by atomic mass is 9.83. The van der Waals surface area contributed by atoms with E-state index in [2.05, 4.69) is 0 Å². The molecule has 0 radical (unpaired) electrons. The van der Waals surface area contributed by atoms with Crippen LogP contribution < -0.4 is 5.14 Å². The van der Waals surface area contributed by atoms with Gasteiger partial charge in [-0.1, -0.05) is 19.3 Å². The van der Waals surface area contributed by atoms with Gasteiger partial charge in [0.15, 0.2) is 0 Å². The second-order valence-electron chi connectivity index (χ2n) is 5.64. The number of likely N-dealkylation sites (tertiary alicyclic amines) is 1. The van der Waals surface area contributed by atoms with Crippen molar-refractivity contribution in [2.75, 3.05) is 6.54 Å². The Kier molecular flexibility index (Phi) is 4.33. The molecule has 1 aliphatic heterocycles. The maximum atomic E-state index is 12.0. The molecule has 20 heavy (non-hydrogen) atoms. The van der Waals surface area contributed by atoms with Crippen molar-refractivity contribution in [3.8, 4) is 0 Å². The van der Waals surface area contributed by atoms with Gasteiger partial charge in [-0.15, -0.1) is 0 Å². The van der Waals surface area contributed by atoms with E-state index in [-0.39, 0.29) is 18.9 Å². The van der Waals surface area contributed by atoms with Crippen LogP contribution in [0.5, 0.6) is 0 Å². The van der Waals surface area contributed by atoms with Gasteiger partial charge in [-0.3, -0.25) is 4.79 Å². The molecule has 114 valence electrons. The maximum Gasteiger partial charge on any atom is 0.326 e. The molecule has 1 aliphatic carbocycles. The summed E-state index contributed by atoms with van der Waals surface area (Å²) >= 11 is 0. The first kappa shape index (κ1) is 15.2. The van der Waals surface area contributed by atoms with Gasteiger partial charge in [-0.05, 0) is 18.8 Å². The highest BCUT2D eigenvalue weighted by Crippen LogP contribution is 2.32. The first-order valence-corrected chi connectivity index (χ1v) is 8.45. The third-order valence-corrected chi connectivity index (χ3v) is 5.52. The summed E-state index contributed by atoms with van der Waals surface area (Å²) in [7, 11) is -3.81. The van der Waals surface area contributed by atoms with Crippen LogP contribution in [0.2, 0.25) is 0 Å². The smallest absolute Gasteiger partial charge is 0.326 e. The average molecular weight is 304 g/mol. The van der Waals surface area contributed by atoms with Crippen molar-refractivity contribution >= 4 is 21.9 Å². The Balaban J connectivity index is 2.17. The highest BCUT2D eigenvalue weighted by Gasteiger charge is 2.44. The van der Waals surface area contributed by atoms with E-state index in [1.165, 1.54) is 4.90 Å². The van der Waals surface area contributed by atoms with Crippen LogP contribution >= 0.6 is 0 Å². The zero-order chi connectivity index (χ0) is 14.9. The molecule has 0 bridgehead atoms. The first-order valence-electron chi connectivity index (χ1n) is 6.84. The molecule has 2 atom stereocenters. The van der Waals surface area contributed by atoms with E-state index in [1.807, 2.05) is 0 Å². The minimum Gasteiger partial charge on any atom is -0.480 e. The Bertz CT molecular complexity index is 498. The molecule has 8 heteroatoms. The quantitative estimate of drug-likeness (QED) is 0.752. The maximum absolute atomic E-state index is 12.0. The normalized spacial score (nSPS) is 26.8. The number of hydrogen-bond acceptors (Lipinski definition) is 4. The highest BCUT2D eigenvalue weighted by molar-refractivity contribution is 7.89. The predicted molar refractivity (Wildman–Crippen MR) is 71.2 cm³/mol. The fourth-order valence-electron chi connectivity index (χ4n) is 3.23. The number of carboxylic acid groups (broad SMARTS) is 1. The molecule has 2 unspecified atom stereocenters. The van der Waals surface area contributed by atoms with Crippen molar-refractivity contribution in [1.82, 2.24) is 4.90 Å². The number of carbonyl (C=O) groups excluding carboxylic acids is 1. The van der Waals surface area contributed by atoms with Gasteiger partial charge in [0, 0.05) is 13.0 Å². The number of rotatable bonds is 4. The summed E-state index contributed by atoms with van der Waals surface area (Å²) in [6.45, 7) is -0.106. The summed E-state index contributed by atoms with van der Waals surface area (Å²) in [5.41, 5.74) is 0. The predicted octanol–water partition coefficient (Wildman–Crippen LogP) is -0.0907. The third kappa shape index (κ3) is 3.12. The number of carbonyl (C=O) groups is 2. The molecular formula is C12H20N2O5S. The number of sulfonamides is 1. The lowest BCUT2D eigenvalue weighted by Crippen LogP contribution is -2.48. The van der Waals surface area contributed by atoms with Crippen LogP contribution in [0.15, 0.2) is 0 Å². The van der Waals surface area contributed by atoms with Gasteiger partial charge >= 0.3 is 5.97 Å². The zero-order valence-corrected chi connectivity index (χ0v) is 12.0. The van der Waals surface area contributed by atoms with Crippen LogP contribution in [0.25, 0.3) is 0 Å². The number of primary sulfonamides is 1. The van der Waals surface area contributed by atoms with E-state index in [0.717, 1.165) is 32.1 Å². The van der Waals surface area contributed by atoms with Crippen LogP contribution in [-0.4, -0.2) is 48.1 Å². The number of aliphatic carboxylic acids is 1. The van der Waals surface area contributed by atoms with Gasteiger partial charge in [0.05, 0.1) is 0 Å². The summed E-state index contributed by atoms with van der Waals surface area (Å²) < 4.78 is 22.7. The van der Waals surface area contributed by atoms with Crippen LogP contribution in [0, 0.1) is 5.92 Å². The topological polar surface area (TPSA) is 118 Å². The largest absolute Gasteiger partial charge is 0.480 e. The molecule has 2 aliphatic rings. The molecular weight excluding hydrogens is 284 g/mol. The fourth-order valence-corrected chi connectivity index (χ4v) is 3.97. The van der Waals surface area contributed by atoms with Crippen molar-refractivity contribution in [2.45, 2.75) is 49.8 Å². The van der Waals surface area contributed by atoms with E-state index in [0.29, 0.717) is 0 Å². The van der Waals surface area contributed by atoms with Crippen LogP contribution in [-0.2, 0) is 19.6 Å². The minimum atomic E-state index is -3.81. The van der Waals surface area contributed by atoms with Crippen LogP contribution in [0.4, 0.5) is 0 Å². The lowest BCUT2D eigenvalue weighted by Gasteiger charge is -2.33. The average Bonchev–Trinajstić information content (AvgIpc) is 2.73. The van der Waals surface area contributed by atoms with Crippen molar-refractivity contribution in [2.24, 2.45) is 11.1 Å². The number of nitrogens with zero attached hydrogens (tertiary/aromatic N) is 1. The van der Waals surface area contributed by atoms with Gasteiger partial charge in [-0.25, -0.2) is 18.4 Å². The molecule has 1 saturated heterocycles. The Labute approximate surface area is 118 Å². The second-order valence-corrected chi connectivity index (χ2v) is 7.49. The van der Waals surface area contributed by atoms with Gasteiger partial charge in [0.1, 0.15) is 11.3 Å². The third-order valence-electron chi connectivity index (χ3n) is 4.27. The van der Waals surface area contributed by atoms with Gasteiger partial charge in [0.25, 0.3) is 0 Å². The standard InChI is InChI=1S/C12H20N2O5S/c13-20(18,19)9-6-10(15)14(7-9)11(12(16)17)8-4-2-1-3-5-8/h8-9,11H,1-7H2,(H,16,17)(H2,13,18,19). The Morgan fingerprint density at radius 2 is 1.90 bits per heavy atom. The Morgan fingerprint density at radius 1 is 1.30 bits per heavy atom. The summed E-state index contributed by atoms with van der Waals surface area (Å²) in [6, 6.07) is -0.922. The van der Waals surface area contributed by atoms with E-state index < -0.39 is 33.2 Å². The zero-order valence-electron chi connectivity index (χ0n) is 11.2. The SMILES string of the molecule is NS(=O)(=O)C1CC(=O)N(C(C(=O)O)C2CCCCC2)C1. The number of amides is 1. The summed E-state index contributed by atoms with van der Waals surface area (Å²) in [5, 5.41) is 13.5.